The largest absolute Gasteiger partial charge is 0.493 e. The van der Waals surface area contributed by atoms with Gasteiger partial charge in [-0.15, -0.1) is 0 Å². The van der Waals surface area contributed by atoms with Crippen LogP contribution in [0.5, 0.6) is 5.75 Å². The lowest BCUT2D eigenvalue weighted by Gasteiger charge is -2.00. The molecule has 0 fully saturated rings. The zero-order chi connectivity index (χ0) is 9.47. The quantitative estimate of drug-likeness (QED) is 0.683. The Hall–Kier alpha value is -1.07. The smallest absolute Gasteiger partial charge is 0.294 e. The summed E-state index contributed by atoms with van der Waals surface area (Å²) in [5.41, 5.74) is 0.829. The van der Waals surface area contributed by atoms with Crippen molar-refractivity contribution in [2.24, 2.45) is 0 Å². The maximum atomic E-state index is 10.7. The Bertz CT molecular complexity index is 435. The van der Waals surface area contributed by atoms with Crippen LogP contribution < -0.4 is 4.74 Å². The number of ether oxygens (including phenoxy) is 1. The van der Waals surface area contributed by atoms with Crippen LogP contribution in [0.2, 0.25) is 0 Å². The summed E-state index contributed by atoms with van der Waals surface area (Å²) < 4.78 is 35.4. The summed E-state index contributed by atoms with van der Waals surface area (Å²) in [5, 5.41) is 0. The molecule has 1 aliphatic heterocycles. The van der Waals surface area contributed by atoms with Crippen molar-refractivity contribution in [1.82, 2.24) is 0 Å². The molecule has 70 valence electrons. The third-order valence-corrected chi connectivity index (χ3v) is 2.81. The van der Waals surface area contributed by atoms with Gasteiger partial charge >= 0.3 is 0 Å². The fourth-order valence-corrected chi connectivity index (χ4v) is 1.85. The predicted molar refractivity (Wildman–Crippen MR) is 45.5 cm³/mol. The van der Waals surface area contributed by atoms with Crippen LogP contribution in [0.25, 0.3) is 0 Å². The van der Waals surface area contributed by atoms with E-state index in [1.54, 1.807) is 6.07 Å². The van der Waals surface area contributed by atoms with Crippen LogP contribution in [0, 0.1) is 0 Å². The van der Waals surface area contributed by atoms with Crippen LogP contribution in [0.1, 0.15) is 5.56 Å². The van der Waals surface area contributed by atoms with Crippen LogP contribution in [0.3, 0.4) is 0 Å². The first-order chi connectivity index (χ1) is 6.07. The first kappa shape index (κ1) is 8.52. The van der Waals surface area contributed by atoms with Gasteiger partial charge in [-0.1, -0.05) is 0 Å². The standard InChI is InChI=1S/C8H8O4S/c9-13(10,11)7-1-2-8-6(5-7)3-4-12-8/h1-2,5H,3-4H2,(H,9,10,11). The molecule has 0 spiro atoms. The molecule has 4 nitrogen and oxygen atoms in total. The zero-order valence-electron chi connectivity index (χ0n) is 6.73. The van der Waals surface area contributed by atoms with Gasteiger partial charge in [-0.05, 0) is 23.8 Å². The average Bonchev–Trinajstić information content (AvgIpc) is 2.47. The average molecular weight is 200 g/mol. The van der Waals surface area contributed by atoms with E-state index in [0.717, 1.165) is 5.56 Å². The SMILES string of the molecule is O=S(=O)(O)c1ccc2c(c1)CCO2. The van der Waals surface area contributed by atoms with E-state index in [2.05, 4.69) is 0 Å². The van der Waals surface area contributed by atoms with Crippen LogP contribution in [0.4, 0.5) is 0 Å². The van der Waals surface area contributed by atoms with E-state index in [-0.39, 0.29) is 4.90 Å². The molecule has 13 heavy (non-hydrogen) atoms. The summed E-state index contributed by atoms with van der Waals surface area (Å²) in [6.07, 6.45) is 0.693. The second-order valence-corrected chi connectivity index (χ2v) is 4.26. The van der Waals surface area contributed by atoms with E-state index in [4.69, 9.17) is 9.29 Å². The Morgan fingerprint density at radius 3 is 2.85 bits per heavy atom. The maximum Gasteiger partial charge on any atom is 0.294 e. The lowest BCUT2D eigenvalue weighted by atomic mass is 10.2. The molecule has 1 N–H and O–H groups in total. The minimum atomic E-state index is -4.08. The summed E-state index contributed by atoms with van der Waals surface area (Å²) in [4.78, 5) is -0.0725. The first-order valence-corrected chi connectivity index (χ1v) is 5.24. The van der Waals surface area contributed by atoms with Crippen molar-refractivity contribution in [2.45, 2.75) is 11.3 Å². The Labute approximate surface area is 75.9 Å². The van der Waals surface area contributed by atoms with E-state index < -0.39 is 10.1 Å². The van der Waals surface area contributed by atoms with Crippen molar-refractivity contribution in [3.63, 3.8) is 0 Å². The van der Waals surface area contributed by atoms with Crippen LogP contribution in [-0.2, 0) is 16.5 Å². The highest BCUT2D eigenvalue weighted by Gasteiger charge is 2.16. The van der Waals surface area contributed by atoms with Crippen molar-refractivity contribution in [3.8, 4) is 5.75 Å². The van der Waals surface area contributed by atoms with Gasteiger partial charge in [-0.3, -0.25) is 4.55 Å². The van der Waals surface area contributed by atoms with Gasteiger partial charge in [-0.25, -0.2) is 0 Å². The Morgan fingerprint density at radius 2 is 2.15 bits per heavy atom. The van der Waals surface area contributed by atoms with Gasteiger partial charge < -0.3 is 4.74 Å². The topological polar surface area (TPSA) is 63.6 Å². The highest BCUT2D eigenvalue weighted by Crippen LogP contribution is 2.27. The van der Waals surface area contributed by atoms with Gasteiger partial charge in [0.15, 0.2) is 0 Å². The molecule has 0 aliphatic carbocycles. The molecule has 1 aliphatic rings. The van der Waals surface area contributed by atoms with Gasteiger partial charge in [0.25, 0.3) is 10.1 Å². The van der Waals surface area contributed by atoms with Gasteiger partial charge in [0.2, 0.25) is 0 Å². The van der Waals surface area contributed by atoms with E-state index in [0.29, 0.717) is 18.8 Å². The molecular weight excluding hydrogens is 192 g/mol. The zero-order valence-corrected chi connectivity index (χ0v) is 7.54. The van der Waals surface area contributed by atoms with Gasteiger partial charge in [0.05, 0.1) is 11.5 Å². The molecule has 0 unspecified atom stereocenters. The normalized spacial score (nSPS) is 15.2. The van der Waals surface area contributed by atoms with Crippen molar-refractivity contribution in [2.75, 3.05) is 6.61 Å². The maximum absolute atomic E-state index is 10.7. The highest BCUT2D eigenvalue weighted by molar-refractivity contribution is 7.85. The fraction of sp³-hybridized carbons (Fsp3) is 0.250. The highest BCUT2D eigenvalue weighted by atomic mass is 32.2. The number of fused-ring (bicyclic) bond motifs is 1. The summed E-state index contributed by atoms with van der Waals surface area (Å²) in [6, 6.07) is 4.34. The van der Waals surface area contributed by atoms with E-state index in [1.807, 2.05) is 0 Å². The summed E-state index contributed by atoms with van der Waals surface area (Å²) in [5.74, 6) is 0.701. The van der Waals surface area contributed by atoms with Crippen molar-refractivity contribution < 1.29 is 17.7 Å². The number of hydrogen-bond acceptors (Lipinski definition) is 3. The number of rotatable bonds is 1. The minimum Gasteiger partial charge on any atom is -0.493 e. The number of hydrogen-bond donors (Lipinski definition) is 1. The third-order valence-electron chi connectivity index (χ3n) is 1.96. The molecule has 5 heteroatoms. The first-order valence-electron chi connectivity index (χ1n) is 3.80. The lowest BCUT2D eigenvalue weighted by molar-refractivity contribution is 0.356. The van der Waals surface area contributed by atoms with Crippen LogP contribution in [0.15, 0.2) is 23.1 Å². The molecule has 0 atom stereocenters. The number of benzene rings is 1. The molecular formula is C8H8O4S. The molecule has 0 radical (unpaired) electrons. The summed E-state index contributed by atoms with van der Waals surface area (Å²) >= 11 is 0. The van der Waals surface area contributed by atoms with Crippen LogP contribution >= 0.6 is 0 Å². The van der Waals surface area contributed by atoms with E-state index >= 15 is 0 Å². The Morgan fingerprint density at radius 1 is 1.38 bits per heavy atom. The predicted octanol–water partition coefficient (Wildman–Crippen LogP) is 0.868. The molecule has 0 bridgehead atoms. The summed E-state index contributed by atoms with van der Waals surface area (Å²) in [7, 11) is -4.08. The molecule has 1 heterocycles. The van der Waals surface area contributed by atoms with Gasteiger partial charge in [0, 0.05) is 6.42 Å². The molecule has 0 saturated heterocycles. The molecule has 1 aromatic carbocycles. The molecule has 0 saturated carbocycles. The Balaban J connectivity index is 2.54. The van der Waals surface area contributed by atoms with Crippen molar-refractivity contribution in [3.05, 3.63) is 23.8 Å². The van der Waals surface area contributed by atoms with E-state index in [9.17, 15) is 8.42 Å². The van der Waals surface area contributed by atoms with Crippen molar-refractivity contribution >= 4 is 10.1 Å². The monoisotopic (exact) mass is 200 g/mol. The van der Waals surface area contributed by atoms with Gasteiger partial charge in [0.1, 0.15) is 5.75 Å². The third kappa shape index (κ3) is 1.52. The van der Waals surface area contributed by atoms with Gasteiger partial charge in [-0.2, -0.15) is 8.42 Å². The molecule has 0 aromatic heterocycles. The Kier molecular flexibility index (Phi) is 1.78. The summed E-state index contributed by atoms with van der Waals surface area (Å²) in [6.45, 7) is 0.574. The van der Waals surface area contributed by atoms with E-state index in [1.165, 1.54) is 12.1 Å². The molecule has 2 rings (SSSR count). The fourth-order valence-electron chi connectivity index (χ4n) is 1.32. The lowest BCUT2D eigenvalue weighted by Crippen LogP contribution is -1.98. The second-order valence-electron chi connectivity index (χ2n) is 2.84. The van der Waals surface area contributed by atoms with Crippen molar-refractivity contribution in [1.29, 1.82) is 0 Å². The second kappa shape index (κ2) is 2.71. The minimum absolute atomic E-state index is 0.0725. The van der Waals surface area contributed by atoms with Crippen LogP contribution in [-0.4, -0.2) is 19.6 Å². The molecule has 0 amide bonds. The molecule has 1 aromatic rings.